The van der Waals surface area contributed by atoms with Gasteiger partial charge in [0.15, 0.2) is 12.0 Å². The molecule has 88 valence electrons. The standard InChI is InChI=1S/C14H9NO3/c16-8-9-3-6-13(18-9)14-10-2-1-7-15-11(10)4-5-12(14)17/h1-8,17H. The molecule has 2 aromatic heterocycles. The Morgan fingerprint density at radius 1 is 1.17 bits per heavy atom. The van der Waals surface area contributed by atoms with Crippen LogP contribution in [0.2, 0.25) is 0 Å². The third-order valence-electron chi connectivity index (χ3n) is 2.75. The van der Waals surface area contributed by atoms with Crippen LogP contribution >= 0.6 is 0 Å². The number of fused-ring (bicyclic) bond motifs is 1. The molecule has 4 heteroatoms. The maximum absolute atomic E-state index is 10.6. The van der Waals surface area contributed by atoms with Crippen molar-refractivity contribution in [2.75, 3.05) is 0 Å². The van der Waals surface area contributed by atoms with Gasteiger partial charge in [-0.1, -0.05) is 6.07 Å². The summed E-state index contributed by atoms with van der Waals surface area (Å²) in [4.78, 5) is 14.8. The van der Waals surface area contributed by atoms with Crippen molar-refractivity contribution >= 4 is 17.2 Å². The van der Waals surface area contributed by atoms with E-state index in [2.05, 4.69) is 4.98 Å². The number of phenols is 1. The number of nitrogens with zero attached hydrogens (tertiary/aromatic N) is 1. The average Bonchev–Trinajstić information content (AvgIpc) is 2.87. The topological polar surface area (TPSA) is 63.3 Å². The van der Waals surface area contributed by atoms with Gasteiger partial charge in [0, 0.05) is 11.6 Å². The summed E-state index contributed by atoms with van der Waals surface area (Å²) in [5, 5.41) is 10.7. The van der Waals surface area contributed by atoms with E-state index in [4.69, 9.17) is 4.42 Å². The molecule has 0 aliphatic rings. The lowest BCUT2D eigenvalue weighted by atomic mass is 10.1. The summed E-state index contributed by atoms with van der Waals surface area (Å²) < 4.78 is 5.35. The minimum absolute atomic E-state index is 0.0994. The van der Waals surface area contributed by atoms with Crippen LogP contribution in [0, 0.1) is 0 Å². The quantitative estimate of drug-likeness (QED) is 0.698. The van der Waals surface area contributed by atoms with Crippen molar-refractivity contribution in [1.82, 2.24) is 4.98 Å². The molecule has 1 aromatic carbocycles. The van der Waals surface area contributed by atoms with Gasteiger partial charge >= 0.3 is 0 Å². The van der Waals surface area contributed by atoms with Gasteiger partial charge in [-0.25, -0.2) is 0 Å². The van der Waals surface area contributed by atoms with Crippen LogP contribution in [0.1, 0.15) is 10.6 Å². The van der Waals surface area contributed by atoms with Crippen LogP contribution < -0.4 is 0 Å². The number of carbonyl (C=O) groups excluding carboxylic acids is 1. The van der Waals surface area contributed by atoms with E-state index < -0.39 is 0 Å². The Kier molecular flexibility index (Phi) is 2.34. The van der Waals surface area contributed by atoms with Crippen molar-refractivity contribution in [3.8, 4) is 17.1 Å². The van der Waals surface area contributed by atoms with Crippen molar-refractivity contribution in [2.24, 2.45) is 0 Å². The highest BCUT2D eigenvalue weighted by molar-refractivity contribution is 5.96. The number of hydrogen-bond acceptors (Lipinski definition) is 4. The first-order chi connectivity index (χ1) is 8.79. The van der Waals surface area contributed by atoms with Crippen molar-refractivity contribution in [2.45, 2.75) is 0 Å². The van der Waals surface area contributed by atoms with Gasteiger partial charge < -0.3 is 9.52 Å². The first-order valence-electron chi connectivity index (χ1n) is 5.41. The highest BCUT2D eigenvalue weighted by Crippen LogP contribution is 2.36. The molecule has 0 unspecified atom stereocenters. The summed E-state index contributed by atoms with van der Waals surface area (Å²) in [7, 11) is 0. The molecule has 0 radical (unpaired) electrons. The lowest BCUT2D eigenvalue weighted by Gasteiger charge is -2.05. The molecule has 0 bridgehead atoms. The molecule has 4 nitrogen and oxygen atoms in total. The van der Waals surface area contributed by atoms with Crippen molar-refractivity contribution < 1.29 is 14.3 Å². The van der Waals surface area contributed by atoms with E-state index in [9.17, 15) is 9.90 Å². The van der Waals surface area contributed by atoms with Crippen LogP contribution in [0.4, 0.5) is 0 Å². The first kappa shape index (κ1) is 10.5. The Labute approximate surface area is 103 Å². The highest BCUT2D eigenvalue weighted by Gasteiger charge is 2.13. The second kappa shape index (κ2) is 4.00. The van der Waals surface area contributed by atoms with E-state index in [1.165, 1.54) is 0 Å². The number of phenolic OH excluding ortho intramolecular Hbond substituents is 1. The third-order valence-corrected chi connectivity index (χ3v) is 2.75. The maximum Gasteiger partial charge on any atom is 0.185 e. The molecule has 0 aliphatic heterocycles. The molecule has 0 atom stereocenters. The predicted molar refractivity (Wildman–Crippen MR) is 66.5 cm³/mol. The van der Waals surface area contributed by atoms with Crippen LogP contribution in [0.3, 0.4) is 0 Å². The molecule has 18 heavy (non-hydrogen) atoms. The summed E-state index contributed by atoms with van der Waals surface area (Å²) in [5.74, 6) is 0.779. The number of aromatic hydroxyl groups is 1. The summed E-state index contributed by atoms with van der Waals surface area (Å²) in [6.07, 6.45) is 2.31. The van der Waals surface area contributed by atoms with Crippen LogP contribution in [0.5, 0.6) is 5.75 Å². The van der Waals surface area contributed by atoms with Crippen LogP contribution in [0.25, 0.3) is 22.2 Å². The molecule has 0 saturated heterocycles. The summed E-state index contributed by atoms with van der Waals surface area (Å²) >= 11 is 0. The van der Waals surface area contributed by atoms with Gasteiger partial charge in [-0.15, -0.1) is 0 Å². The van der Waals surface area contributed by atoms with Gasteiger partial charge in [0.05, 0.1) is 11.1 Å². The van der Waals surface area contributed by atoms with E-state index in [1.54, 1.807) is 36.5 Å². The minimum Gasteiger partial charge on any atom is -0.507 e. The fourth-order valence-electron chi connectivity index (χ4n) is 1.95. The van der Waals surface area contributed by atoms with Gasteiger partial charge in [0.2, 0.25) is 0 Å². The predicted octanol–water partition coefficient (Wildman–Crippen LogP) is 3.01. The number of benzene rings is 1. The van der Waals surface area contributed by atoms with Crippen molar-refractivity contribution in [3.63, 3.8) is 0 Å². The fraction of sp³-hybridized carbons (Fsp3) is 0. The summed E-state index contributed by atoms with van der Waals surface area (Å²) in [6.45, 7) is 0. The summed E-state index contributed by atoms with van der Waals surface area (Å²) in [5.41, 5.74) is 1.31. The maximum atomic E-state index is 10.6. The zero-order valence-electron chi connectivity index (χ0n) is 9.33. The van der Waals surface area contributed by atoms with Gasteiger partial charge in [-0.05, 0) is 30.3 Å². The van der Waals surface area contributed by atoms with E-state index >= 15 is 0 Å². The lowest BCUT2D eigenvalue weighted by molar-refractivity contribution is 0.110. The lowest BCUT2D eigenvalue weighted by Crippen LogP contribution is -1.83. The van der Waals surface area contributed by atoms with E-state index in [-0.39, 0.29) is 11.5 Å². The molecular weight excluding hydrogens is 230 g/mol. The monoisotopic (exact) mass is 239 g/mol. The molecule has 0 saturated carbocycles. The van der Waals surface area contributed by atoms with Gasteiger partial charge in [0.1, 0.15) is 11.5 Å². The number of pyridine rings is 1. The molecule has 2 heterocycles. The number of hydrogen-bond donors (Lipinski definition) is 1. The van der Waals surface area contributed by atoms with Gasteiger partial charge in [-0.2, -0.15) is 0 Å². The summed E-state index contributed by atoms with van der Waals surface area (Å²) in [6, 6.07) is 10.2. The highest BCUT2D eigenvalue weighted by atomic mass is 16.3. The van der Waals surface area contributed by atoms with Crippen LogP contribution in [-0.2, 0) is 0 Å². The zero-order chi connectivity index (χ0) is 12.5. The SMILES string of the molecule is O=Cc1ccc(-c2c(O)ccc3ncccc23)o1. The first-order valence-corrected chi connectivity index (χ1v) is 5.41. The zero-order valence-corrected chi connectivity index (χ0v) is 9.33. The number of furan rings is 1. The normalized spacial score (nSPS) is 10.7. The second-order valence-electron chi connectivity index (χ2n) is 3.85. The van der Waals surface area contributed by atoms with Gasteiger partial charge in [0.25, 0.3) is 0 Å². The smallest absolute Gasteiger partial charge is 0.185 e. The number of rotatable bonds is 2. The van der Waals surface area contributed by atoms with E-state index in [0.717, 1.165) is 10.9 Å². The third kappa shape index (κ3) is 1.55. The molecule has 0 spiro atoms. The molecule has 3 aromatic rings. The molecule has 3 rings (SSSR count). The van der Waals surface area contributed by atoms with Crippen molar-refractivity contribution in [1.29, 1.82) is 0 Å². The van der Waals surface area contributed by atoms with E-state index in [0.29, 0.717) is 17.6 Å². The fourth-order valence-corrected chi connectivity index (χ4v) is 1.95. The van der Waals surface area contributed by atoms with Crippen LogP contribution in [-0.4, -0.2) is 16.4 Å². The Morgan fingerprint density at radius 3 is 2.83 bits per heavy atom. The average molecular weight is 239 g/mol. The Balaban J connectivity index is 2.33. The molecule has 0 aliphatic carbocycles. The second-order valence-corrected chi connectivity index (χ2v) is 3.85. The number of aromatic nitrogens is 1. The van der Waals surface area contributed by atoms with E-state index in [1.807, 2.05) is 6.07 Å². The minimum atomic E-state index is 0.0994. The molecule has 1 N–H and O–H groups in total. The largest absolute Gasteiger partial charge is 0.507 e. The molecule has 0 amide bonds. The molecule has 0 fully saturated rings. The van der Waals surface area contributed by atoms with Crippen LogP contribution in [0.15, 0.2) is 47.0 Å². The Bertz CT molecular complexity index is 731. The number of aldehydes is 1. The van der Waals surface area contributed by atoms with Crippen molar-refractivity contribution in [3.05, 3.63) is 48.4 Å². The molecular formula is C14H9NO3. The Morgan fingerprint density at radius 2 is 2.06 bits per heavy atom. The number of carbonyl (C=O) groups is 1. The van der Waals surface area contributed by atoms with Gasteiger partial charge in [-0.3, -0.25) is 9.78 Å². The Hall–Kier alpha value is -2.62.